The fraction of sp³-hybridized carbons (Fsp3) is 1.00. The van der Waals surface area contributed by atoms with E-state index in [0.717, 1.165) is 19.6 Å². The van der Waals surface area contributed by atoms with Crippen LogP contribution in [0.2, 0.25) is 0 Å². The number of aliphatic hydroxyl groups is 2. The number of nitrogens with zero attached hydrogens (tertiary/aromatic N) is 1. The van der Waals surface area contributed by atoms with Crippen molar-refractivity contribution in [3.05, 3.63) is 0 Å². The summed E-state index contributed by atoms with van der Waals surface area (Å²) >= 11 is 0. The minimum atomic E-state index is -0.401. The minimum Gasteiger partial charge on any atom is -0.396 e. The van der Waals surface area contributed by atoms with E-state index in [0.29, 0.717) is 12.0 Å². The Kier molecular flexibility index (Phi) is 5.38. The molecule has 0 amide bonds. The molecule has 1 aliphatic heterocycles. The molecular formula is C13H28N2O2. The van der Waals surface area contributed by atoms with Crippen LogP contribution in [0.25, 0.3) is 0 Å². The van der Waals surface area contributed by atoms with Gasteiger partial charge >= 0.3 is 0 Å². The van der Waals surface area contributed by atoms with Gasteiger partial charge in [0.2, 0.25) is 0 Å². The van der Waals surface area contributed by atoms with Crippen LogP contribution in [0.3, 0.4) is 0 Å². The van der Waals surface area contributed by atoms with E-state index in [1.54, 1.807) is 0 Å². The fourth-order valence-corrected chi connectivity index (χ4v) is 2.16. The molecular weight excluding hydrogens is 216 g/mol. The molecule has 0 aromatic carbocycles. The molecule has 0 saturated carbocycles. The summed E-state index contributed by atoms with van der Waals surface area (Å²) < 4.78 is 0. The van der Waals surface area contributed by atoms with Crippen LogP contribution in [0.15, 0.2) is 0 Å². The van der Waals surface area contributed by atoms with Gasteiger partial charge in [0.1, 0.15) is 0 Å². The van der Waals surface area contributed by atoms with Crippen LogP contribution in [-0.4, -0.2) is 61.6 Å². The van der Waals surface area contributed by atoms with Gasteiger partial charge in [-0.05, 0) is 38.4 Å². The van der Waals surface area contributed by atoms with Crippen molar-refractivity contribution in [3.63, 3.8) is 0 Å². The first-order valence-corrected chi connectivity index (χ1v) is 6.54. The molecule has 1 rings (SSSR count). The third-order valence-corrected chi connectivity index (χ3v) is 4.06. The molecule has 1 saturated heterocycles. The van der Waals surface area contributed by atoms with E-state index in [1.165, 1.54) is 12.8 Å². The first-order chi connectivity index (χ1) is 7.93. The molecule has 0 atom stereocenters. The normalized spacial score (nSPS) is 21.7. The predicted molar refractivity (Wildman–Crippen MR) is 70.0 cm³/mol. The van der Waals surface area contributed by atoms with Gasteiger partial charge in [0.15, 0.2) is 0 Å². The maximum atomic E-state index is 9.21. The average Bonchev–Trinajstić information content (AvgIpc) is 2.33. The largest absolute Gasteiger partial charge is 0.396 e. The average molecular weight is 244 g/mol. The van der Waals surface area contributed by atoms with Crippen molar-refractivity contribution < 1.29 is 10.2 Å². The highest BCUT2D eigenvalue weighted by atomic mass is 16.3. The second-order valence-corrected chi connectivity index (χ2v) is 6.34. The van der Waals surface area contributed by atoms with E-state index >= 15 is 0 Å². The SMILES string of the molecule is CN1CCC(C)(CNCC(C)(CO)CO)CC1. The summed E-state index contributed by atoms with van der Waals surface area (Å²) in [6.07, 6.45) is 2.43. The summed E-state index contributed by atoms with van der Waals surface area (Å²) in [5.74, 6) is 0. The smallest absolute Gasteiger partial charge is 0.0518 e. The Morgan fingerprint density at radius 3 is 2.24 bits per heavy atom. The Hall–Kier alpha value is -0.160. The van der Waals surface area contributed by atoms with Gasteiger partial charge in [-0.2, -0.15) is 0 Å². The van der Waals surface area contributed by atoms with Crippen LogP contribution in [-0.2, 0) is 0 Å². The predicted octanol–water partition coefficient (Wildman–Crippen LogP) is 0.299. The summed E-state index contributed by atoms with van der Waals surface area (Å²) in [4.78, 5) is 2.37. The van der Waals surface area contributed by atoms with Crippen LogP contribution in [0.1, 0.15) is 26.7 Å². The molecule has 1 fully saturated rings. The summed E-state index contributed by atoms with van der Waals surface area (Å²) in [5.41, 5.74) is -0.0415. The molecule has 102 valence electrons. The molecule has 0 aromatic rings. The maximum absolute atomic E-state index is 9.21. The topological polar surface area (TPSA) is 55.7 Å². The quantitative estimate of drug-likeness (QED) is 0.629. The van der Waals surface area contributed by atoms with E-state index in [2.05, 4.69) is 24.2 Å². The van der Waals surface area contributed by atoms with Gasteiger partial charge in [0.25, 0.3) is 0 Å². The second kappa shape index (κ2) is 6.14. The number of hydrogen-bond donors (Lipinski definition) is 3. The standard InChI is InChI=1S/C13H28N2O2/c1-12(4-6-15(3)7-5-12)8-14-9-13(2,10-16)11-17/h14,16-17H,4-11H2,1-3H3. The fourth-order valence-electron chi connectivity index (χ4n) is 2.16. The number of piperidine rings is 1. The van der Waals surface area contributed by atoms with Crippen LogP contribution < -0.4 is 5.32 Å². The summed E-state index contributed by atoms with van der Waals surface area (Å²) in [5, 5.41) is 21.8. The molecule has 17 heavy (non-hydrogen) atoms. The monoisotopic (exact) mass is 244 g/mol. The number of hydrogen-bond acceptors (Lipinski definition) is 4. The molecule has 0 radical (unpaired) electrons. The van der Waals surface area contributed by atoms with Crippen molar-refractivity contribution in [2.45, 2.75) is 26.7 Å². The lowest BCUT2D eigenvalue weighted by molar-refractivity contribution is 0.0632. The lowest BCUT2D eigenvalue weighted by atomic mass is 9.80. The van der Waals surface area contributed by atoms with Gasteiger partial charge in [-0.15, -0.1) is 0 Å². The summed E-state index contributed by atoms with van der Waals surface area (Å²) in [6, 6.07) is 0. The van der Waals surface area contributed by atoms with Gasteiger partial charge < -0.3 is 20.4 Å². The van der Waals surface area contributed by atoms with Gasteiger partial charge in [0, 0.05) is 18.5 Å². The van der Waals surface area contributed by atoms with Crippen LogP contribution in [0.4, 0.5) is 0 Å². The lowest BCUT2D eigenvalue weighted by Gasteiger charge is -2.39. The van der Waals surface area contributed by atoms with Gasteiger partial charge in [-0.25, -0.2) is 0 Å². The lowest BCUT2D eigenvalue weighted by Crippen LogP contribution is -2.45. The Labute approximate surface area is 105 Å². The Morgan fingerprint density at radius 2 is 1.76 bits per heavy atom. The molecule has 0 aromatic heterocycles. The highest BCUT2D eigenvalue weighted by Gasteiger charge is 2.29. The summed E-state index contributed by atoms with van der Waals surface area (Å²) in [6.45, 7) is 8.23. The Morgan fingerprint density at radius 1 is 1.24 bits per heavy atom. The van der Waals surface area contributed by atoms with Crippen molar-refractivity contribution in [2.24, 2.45) is 10.8 Å². The van der Waals surface area contributed by atoms with E-state index in [4.69, 9.17) is 0 Å². The van der Waals surface area contributed by atoms with Crippen molar-refractivity contribution >= 4 is 0 Å². The zero-order valence-corrected chi connectivity index (χ0v) is 11.5. The summed E-state index contributed by atoms with van der Waals surface area (Å²) in [7, 11) is 2.17. The van der Waals surface area contributed by atoms with Gasteiger partial charge in [-0.3, -0.25) is 0 Å². The maximum Gasteiger partial charge on any atom is 0.0518 e. The number of nitrogens with one attached hydrogen (secondary N) is 1. The first-order valence-electron chi connectivity index (χ1n) is 6.54. The molecule has 1 aliphatic rings. The number of aliphatic hydroxyl groups excluding tert-OH is 2. The molecule has 0 spiro atoms. The van der Waals surface area contributed by atoms with Crippen molar-refractivity contribution in [1.29, 1.82) is 0 Å². The molecule has 4 nitrogen and oxygen atoms in total. The molecule has 0 bridgehead atoms. The highest BCUT2D eigenvalue weighted by molar-refractivity contribution is 4.84. The first kappa shape index (κ1) is 14.9. The number of likely N-dealkylation sites (tertiary alicyclic amines) is 1. The second-order valence-electron chi connectivity index (χ2n) is 6.34. The molecule has 4 heteroatoms. The third-order valence-electron chi connectivity index (χ3n) is 4.06. The minimum absolute atomic E-state index is 0.0238. The van der Waals surface area contributed by atoms with E-state index < -0.39 is 5.41 Å². The zero-order valence-electron chi connectivity index (χ0n) is 11.5. The molecule has 3 N–H and O–H groups in total. The van der Waals surface area contributed by atoms with Gasteiger partial charge in [0.05, 0.1) is 13.2 Å². The molecule has 0 aliphatic carbocycles. The highest BCUT2D eigenvalue weighted by Crippen LogP contribution is 2.29. The zero-order chi connectivity index (χ0) is 12.9. The van der Waals surface area contributed by atoms with E-state index in [9.17, 15) is 10.2 Å². The van der Waals surface area contributed by atoms with Gasteiger partial charge in [-0.1, -0.05) is 13.8 Å². The van der Waals surface area contributed by atoms with E-state index in [1.807, 2.05) is 6.92 Å². The van der Waals surface area contributed by atoms with Crippen LogP contribution >= 0.6 is 0 Å². The molecule has 1 heterocycles. The molecule has 0 unspecified atom stereocenters. The number of rotatable bonds is 6. The van der Waals surface area contributed by atoms with Crippen molar-refractivity contribution in [2.75, 3.05) is 46.4 Å². The third kappa shape index (κ3) is 4.54. The Balaban J connectivity index is 2.30. The Bertz CT molecular complexity index is 221. The van der Waals surface area contributed by atoms with Crippen LogP contribution in [0, 0.1) is 10.8 Å². The van der Waals surface area contributed by atoms with Crippen LogP contribution in [0.5, 0.6) is 0 Å². The van der Waals surface area contributed by atoms with E-state index in [-0.39, 0.29) is 13.2 Å². The van der Waals surface area contributed by atoms with Crippen molar-refractivity contribution in [1.82, 2.24) is 10.2 Å². The van der Waals surface area contributed by atoms with Crippen molar-refractivity contribution in [3.8, 4) is 0 Å².